The highest BCUT2D eigenvalue weighted by atomic mass is 16.6. The first-order valence-corrected chi connectivity index (χ1v) is 6.22. The Hall–Kier alpha value is -0.570. The minimum atomic E-state index is -0.518. The summed E-state index contributed by atoms with van der Waals surface area (Å²) in [7, 11) is 1.71. The topological polar surface area (TPSA) is 35.5 Å². The Morgan fingerprint density at radius 2 is 1.59 bits per heavy atom. The quantitative estimate of drug-likeness (QED) is 0.672. The second-order valence-electron chi connectivity index (χ2n) is 6.11. The molecule has 0 saturated carbocycles. The van der Waals surface area contributed by atoms with E-state index in [4.69, 9.17) is 9.47 Å². The molecule has 0 saturated heterocycles. The average Bonchev–Trinajstić information content (AvgIpc) is 2.13. The van der Waals surface area contributed by atoms with Gasteiger partial charge in [-0.05, 0) is 25.7 Å². The third-order valence-electron chi connectivity index (χ3n) is 4.43. The zero-order valence-corrected chi connectivity index (χ0v) is 12.6. The van der Waals surface area contributed by atoms with Gasteiger partial charge in [-0.3, -0.25) is 4.79 Å². The number of esters is 1. The molecule has 0 aromatic carbocycles. The van der Waals surface area contributed by atoms with Crippen molar-refractivity contribution in [1.29, 1.82) is 0 Å². The summed E-state index contributed by atoms with van der Waals surface area (Å²) in [5, 5.41) is 0. The highest BCUT2D eigenvalue weighted by Gasteiger charge is 2.52. The largest absolute Gasteiger partial charge is 0.459 e. The van der Waals surface area contributed by atoms with E-state index < -0.39 is 5.60 Å². The Morgan fingerprint density at radius 1 is 1.12 bits per heavy atom. The van der Waals surface area contributed by atoms with Crippen LogP contribution in [0.3, 0.4) is 0 Å². The molecule has 0 radical (unpaired) electrons. The van der Waals surface area contributed by atoms with Crippen molar-refractivity contribution in [2.45, 2.75) is 60.5 Å². The summed E-state index contributed by atoms with van der Waals surface area (Å²) in [4.78, 5) is 11.3. The van der Waals surface area contributed by atoms with Crippen molar-refractivity contribution in [1.82, 2.24) is 0 Å². The number of hydrogen-bond donors (Lipinski definition) is 0. The molecule has 0 amide bonds. The molecule has 0 spiro atoms. The second kappa shape index (κ2) is 5.38. The van der Waals surface area contributed by atoms with Crippen LogP contribution >= 0.6 is 0 Å². The smallest absolute Gasteiger partial charge is 0.303 e. The van der Waals surface area contributed by atoms with E-state index in [9.17, 15) is 4.79 Å². The van der Waals surface area contributed by atoms with Crippen molar-refractivity contribution in [3.63, 3.8) is 0 Å². The van der Waals surface area contributed by atoms with Crippen molar-refractivity contribution in [2.75, 3.05) is 13.7 Å². The first-order chi connectivity index (χ1) is 7.54. The predicted molar refractivity (Wildman–Crippen MR) is 69.9 cm³/mol. The molecule has 0 aliphatic carbocycles. The lowest BCUT2D eigenvalue weighted by Crippen LogP contribution is -2.54. The highest BCUT2D eigenvalue weighted by molar-refractivity contribution is 5.66. The molecule has 0 aromatic rings. The standard InChI is InChI=1S/C14H28O3/c1-9-14(7,12(3,4)10-16-8)13(5,6)17-11(2)15/h9-10H2,1-8H3. The van der Waals surface area contributed by atoms with Crippen molar-refractivity contribution in [3.05, 3.63) is 0 Å². The van der Waals surface area contributed by atoms with E-state index in [0.29, 0.717) is 6.61 Å². The molecule has 17 heavy (non-hydrogen) atoms. The number of ether oxygens (including phenoxy) is 2. The molecule has 0 heterocycles. The first kappa shape index (κ1) is 16.4. The summed E-state index contributed by atoms with van der Waals surface area (Å²) in [6, 6.07) is 0. The van der Waals surface area contributed by atoms with E-state index in [2.05, 4.69) is 27.7 Å². The number of methoxy groups -OCH3 is 1. The van der Waals surface area contributed by atoms with E-state index in [1.54, 1.807) is 7.11 Å². The molecule has 3 heteroatoms. The van der Waals surface area contributed by atoms with Crippen LogP contribution in [0.4, 0.5) is 0 Å². The maximum atomic E-state index is 11.3. The number of rotatable bonds is 6. The SMILES string of the molecule is CCC(C)(C(C)(C)COC)C(C)(C)OC(C)=O. The zero-order valence-electron chi connectivity index (χ0n) is 12.6. The average molecular weight is 244 g/mol. The van der Waals surface area contributed by atoms with Crippen LogP contribution in [0, 0.1) is 10.8 Å². The monoisotopic (exact) mass is 244 g/mol. The lowest BCUT2D eigenvalue weighted by molar-refractivity contribution is -0.186. The Bertz CT molecular complexity index is 269. The van der Waals surface area contributed by atoms with Gasteiger partial charge in [0.1, 0.15) is 5.60 Å². The fraction of sp³-hybridized carbons (Fsp3) is 0.929. The Balaban J connectivity index is 5.32. The summed E-state index contributed by atoms with van der Waals surface area (Å²) in [5.41, 5.74) is -0.743. The van der Waals surface area contributed by atoms with Crippen molar-refractivity contribution < 1.29 is 14.3 Å². The summed E-state index contributed by atoms with van der Waals surface area (Å²) in [6.45, 7) is 14.7. The molecule has 0 fully saturated rings. The second-order valence-corrected chi connectivity index (χ2v) is 6.11. The van der Waals surface area contributed by atoms with Crippen LogP contribution in [0.2, 0.25) is 0 Å². The van der Waals surface area contributed by atoms with Crippen LogP contribution < -0.4 is 0 Å². The molecular weight excluding hydrogens is 216 g/mol. The fourth-order valence-corrected chi connectivity index (χ4v) is 2.71. The van der Waals surface area contributed by atoms with Gasteiger partial charge in [-0.1, -0.05) is 27.7 Å². The number of carbonyl (C=O) groups excluding carboxylic acids is 1. The highest BCUT2D eigenvalue weighted by Crippen LogP contribution is 2.51. The van der Waals surface area contributed by atoms with E-state index in [-0.39, 0.29) is 16.8 Å². The third-order valence-corrected chi connectivity index (χ3v) is 4.43. The van der Waals surface area contributed by atoms with E-state index in [1.165, 1.54) is 6.92 Å². The minimum Gasteiger partial charge on any atom is -0.459 e. The molecule has 0 N–H and O–H groups in total. The molecule has 0 aliphatic heterocycles. The Kier molecular flexibility index (Phi) is 5.20. The van der Waals surface area contributed by atoms with Crippen LogP contribution in [0.15, 0.2) is 0 Å². The zero-order chi connectivity index (χ0) is 13.9. The normalized spacial score (nSPS) is 16.5. The molecule has 0 rings (SSSR count). The van der Waals surface area contributed by atoms with Gasteiger partial charge in [0.25, 0.3) is 0 Å². The van der Waals surface area contributed by atoms with Crippen LogP contribution in [0.25, 0.3) is 0 Å². The fourth-order valence-electron chi connectivity index (χ4n) is 2.71. The molecule has 102 valence electrons. The molecule has 0 bridgehead atoms. The van der Waals surface area contributed by atoms with E-state index in [0.717, 1.165) is 6.42 Å². The van der Waals surface area contributed by atoms with Gasteiger partial charge < -0.3 is 9.47 Å². The van der Waals surface area contributed by atoms with Gasteiger partial charge in [-0.15, -0.1) is 0 Å². The van der Waals surface area contributed by atoms with Gasteiger partial charge >= 0.3 is 5.97 Å². The van der Waals surface area contributed by atoms with Gasteiger partial charge in [-0.2, -0.15) is 0 Å². The van der Waals surface area contributed by atoms with Gasteiger partial charge in [0.2, 0.25) is 0 Å². The van der Waals surface area contributed by atoms with Gasteiger partial charge in [-0.25, -0.2) is 0 Å². The summed E-state index contributed by atoms with van der Waals surface area (Å²) in [6.07, 6.45) is 0.920. The summed E-state index contributed by atoms with van der Waals surface area (Å²) < 4.78 is 10.8. The number of carbonyl (C=O) groups is 1. The maximum absolute atomic E-state index is 11.3. The molecule has 3 nitrogen and oxygen atoms in total. The third kappa shape index (κ3) is 3.21. The van der Waals surface area contributed by atoms with Gasteiger partial charge in [0, 0.05) is 19.4 Å². The minimum absolute atomic E-state index is 0.0740. The summed E-state index contributed by atoms with van der Waals surface area (Å²) in [5.74, 6) is -0.233. The molecule has 0 aliphatic rings. The number of hydrogen-bond acceptors (Lipinski definition) is 3. The molecule has 1 atom stereocenters. The first-order valence-electron chi connectivity index (χ1n) is 6.22. The van der Waals surface area contributed by atoms with Gasteiger partial charge in [0.05, 0.1) is 6.61 Å². The molecule has 1 unspecified atom stereocenters. The van der Waals surface area contributed by atoms with Crippen molar-refractivity contribution in [2.24, 2.45) is 10.8 Å². The lowest BCUT2D eigenvalue weighted by Gasteiger charge is -2.52. The van der Waals surface area contributed by atoms with Crippen LogP contribution in [-0.2, 0) is 14.3 Å². The van der Waals surface area contributed by atoms with Crippen LogP contribution in [0.1, 0.15) is 54.9 Å². The molecule has 0 aromatic heterocycles. The Morgan fingerprint density at radius 3 is 1.88 bits per heavy atom. The lowest BCUT2D eigenvalue weighted by atomic mass is 9.57. The van der Waals surface area contributed by atoms with Crippen LogP contribution in [0.5, 0.6) is 0 Å². The Labute approximate surface area is 106 Å². The molecular formula is C14H28O3. The van der Waals surface area contributed by atoms with Crippen LogP contribution in [-0.4, -0.2) is 25.3 Å². The summed E-state index contributed by atoms with van der Waals surface area (Å²) >= 11 is 0. The van der Waals surface area contributed by atoms with Crippen molar-refractivity contribution in [3.8, 4) is 0 Å². The van der Waals surface area contributed by atoms with Crippen molar-refractivity contribution >= 4 is 5.97 Å². The van der Waals surface area contributed by atoms with E-state index in [1.807, 2.05) is 13.8 Å². The van der Waals surface area contributed by atoms with Gasteiger partial charge in [0.15, 0.2) is 0 Å². The van der Waals surface area contributed by atoms with E-state index >= 15 is 0 Å². The maximum Gasteiger partial charge on any atom is 0.303 e. The predicted octanol–water partition coefficient (Wildman–Crippen LogP) is 3.42.